The molecular formula is C12H22N2O3. The molecule has 5 nitrogen and oxygen atoms in total. The van der Waals surface area contributed by atoms with Crippen molar-refractivity contribution in [2.45, 2.75) is 45.1 Å². The molecule has 98 valence electrons. The van der Waals surface area contributed by atoms with Crippen LogP contribution in [0.1, 0.15) is 39.0 Å². The van der Waals surface area contributed by atoms with E-state index in [4.69, 9.17) is 5.11 Å². The Bertz CT molecular complexity index is 262. The summed E-state index contributed by atoms with van der Waals surface area (Å²) in [7, 11) is 0. The molecule has 0 atom stereocenters. The van der Waals surface area contributed by atoms with Crippen LogP contribution in [0.3, 0.4) is 0 Å². The van der Waals surface area contributed by atoms with Gasteiger partial charge in [0.15, 0.2) is 0 Å². The highest BCUT2D eigenvalue weighted by atomic mass is 16.4. The van der Waals surface area contributed by atoms with E-state index in [0.29, 0.717) is 18.9 Å². The summed E-state index contributed by atoms with van der Waals surface area (Å²) in [5, 5.41) is 11.8. The summed E-state index contributed by atoms with van der Waals surface area (Å²) in [5.41, 5.74) is 0. The second-order valence-electron chi connectivity index (χ2n) is 4.41. The number of rotatable bonds is 6. The summed E-state index contributed by atoms with van der Waals surface area (Å²) in [6, 6.07) is 0.332. The van der Waals surface area contributed by atoms with Crippen molar-refractivity contribution in [2.24, 2.45) is 0 Å². The van der Waals surface area contributed by atoms with E-state index in [2.05, 4.69) is 5.32 Å². The summed E-state index contributed by atoms with van der Waals surface area (Å²) in [6.45, 7) is 4.63. The molecule has 1 aliphatic rings. The molecule has 1 aliphatic heterocycles. The van der Waals surface area contributed by atoms with E-state index in [0.717, 1.165) is 32.5 Å². The number of amides is 1. The molecule has 1 rings (SSSR count). The van der Waals surface area contributed by atoms with Crippen LogP contribution in [0.15, 0.2) is 0 Å². The van der Waals surface area contributed by atoms with Crippen LogP contribution in [0.25, 0.3) is 0 Å². The highest BCUT2D eigenvalue weighted by Gasteiger charge is 2.23. The minimum atomic E-state index is -0.831. The van der Waals surface area contributed by atoms with Gasteiger partial charge in [0.05, 0.1) is 0 Å². The molecule has 5 heteroatoms. The van der Waals surface area contributed by atoms with Crippen molar-refractivity contribution >= 4 is 11.9 Å². The maximum Gasteiger partial charge on any atom is 0.303 e. The van der Waals surface area contributed by atoms with Crippen molar-refractivity contribution in [3.8, 4) is 0 Å². The molecule has 0 aromatic carbocycles. The fourth-order valence-corrected chi connectivity index (χ4v) is 2.29. The van der Waals surface area contributed by atoms with Crippen molar-refractivity contribution in [3.05, 3.63) is 0 Å². The molecule has 17 heavy (non-hydrogen) atoms. The van der Waals surface area contributed by atoms with Gasteiger partial charge in [0.25, 0.3) is 0 Å². The molecular weight excluding hydrogens is 220 g/mol. The monoisotopic (exact) mass is 242 g/mol. The van der Waals surface area contributed by atoms with Crippen LogP contribution in [0.5, 0.6) is 0 Å². The number of carbonyl (C=O) groups excluding carboxylic acids is 1. The molecule has 1 amide bonds. The Morgan fingerprint density at radius 1 is 1.29 bits per heavy atom. The van der Waals surface area contributed by atoms with Crippen LogP contribution in [0.2, 0.25) is 0 Å². The van der Waals surface area contributed by atoms with Crippen molar-refractivity contribution in [3.63, 3.8) is 0 Å². The molecule has 0 spiro atoms. The normalized spacial score (nSPS) is 16.8. The maximum absolute atomic E-state index is 12.0. The molecule has 1 fully saturated rings. The van der Waals surface area contributed by atoms with E-state index in [1.165, 1.54) is 0 Å². The molecule has 0 aromatic heterocycles. The Morgan fingerprint density at radius 3 is 2.47 bits per heavy atom. The molecule has 0 saturated carbocycles. The van der Waals surface area contributed by atoms with Crippen molar-refractivity contribution in [1.29, 1.82) is 0 Å². The fourth-order valence-electron chi connectivity index (χ4n) is 2.29. The third-order valence-electron chi connectivity index (χ3n) is 3.19. The van der Waals surface area contributed by atoms with Crippen LogP contribution in [-0.2, 0) is 9.59 Å². The van der Waals surface area contributed by atoms with E-state index in [1.807, 2.05) is 11.8 Å². The number of carboxylic acids is 1. The first-order valence-electron chi connectivity index (χ1n) is 6.37. The number of nitrogens with zero attached hydrogens (tertiary/aromatic N) is 1. The fraction of sp³-hybridized carbons (Fsp3) is 0.833. The van der Waals surface area contributed by atoms with Gasteiger partial charge in [0.1, 0.15) is 0 Å². The minimum absolute atomic E-state index is 0.0789. The summed E-state index contributed by atoms with van der Waals surface area (Å²) >= 11 is 0. The third-order valence-corrected chi connectivity index (χ3v) is 3.19. The first kappa shape index (κ1) is 14.0. The van der Waals surface area contributed by atoms with Crippen LogP contribution in [0.4, 0.5) is 0 Å². The van der Waals surface area contributed by atoms with Crippen LogP contribution in [-0.4, -0.2) is 47.6 Å². The predicted octanol–water partition coefficient (Wildman–Crippen LogP) is 0.842. The Morgan fingerprint density at radius 2 is 1.94 bits per heavy atom. The lowest BCUT2D eigenvalue weighted by molar-refractivity contribution is -0.137. The maximum atomic E-state index is 12.0. The zero-order valence-electron chi connectivity index (χ0n) is 10.4. The van der Waals surface area contributed by atoms with Crippen molar-refractivity contribution < 1.29 is 14.7 Å². The minimum Gasteiger partial charge on any atom is -0.481 e. The molecule has 1 heterocycles. The summed E-state index contributed by atoms with van der Waals surface area (Å²) in [6.07, 6.45) is 2.87. The number of carbonyl (C=O) groups is 2. The summed E-state index contributed by atoms with van der Waals surface area (Å²) < 4.78 is 0. The van der Waals surface area contributed by atoms with Gasteiger partial charge in [-0.1, -0.05) is 0 Å². The first-order valence-corrected chi connectivity index (χ1v) is 6.37. The second kappa shape index (κ2) is 7.27. The number of carboxylic acid groups (broad SMARTS) is 1. The molecule has 0 aliphatic carbocycles. The summed E-state index contributed by atoms with van der Waals surface area (Å²) in [4.78, 5) is 24.3. The first-order chi connectivity index (χ1) is 8.15. The lowest BCUT2D eigenvalue weighted by Gasteiger charge is -2.34. The number of hydrogen-bond acceptors (Lipinski definition) is 3. The van der Waals surface area contributed by atoms with Gasteiger partial charge in [-0.2, -0.15) is 0 Å². The Hall–Kier alpha value is -1.10. The van der Waals surface area contributed by atoms with Gasteiger partial charge in [-0.05, 0) is 39.3 Å². The Balaban J connectivity index is 2.37. The van der Waals surface area contributed by atoms with Gasteiger partial charge in [0.2, 0.25) is 5.91 Å². The number of piperidine rings is 1. The van der Waals surface area contributed by atoms with E-state index in [-0.39, 0.29) is 12.3 Å². The average Bonchev–Trinajstić information content (AvgIpc) is 2.31. The molecule has 1 saturated heterocycles. The predicted molar refractivity (Wildman–Crippen MR) is 64.8 cm³/mol. The largest absolute Gasteiger partial charge is 0.481 e. The van der Waals surface area contributed by atoms with E-state index in [1.54, 1.807) is 0 Å². The summed E-state index contributed by atoms with van der Waals surface area (Å²) in [5.74, 6) is -0.733. The highest BCUT2D eigenvalue weighted by molar-refractivity contribution is 5.77. The molecule has 0 bridgehead atoms. The molecule has 0 aromatic rings. The van der Waals surface area contributed by atoms with Crippen LogP contribution >= 0.6 is 0 Å². The molecule has 0 unspecified atom stereocenters. The average molecular weight is 242 g/mol. The lowest BCUT2D eigenvalue weighted by Crippen LogP contribution is -2.46. The van der Waals surface area contributed by atoms with Crippen molar-refractivity contribution in [1.82, 2.24) is 10.2 Å². The molecule has 2 N–H and O–H groups in total. The zero-order valence-corrected chi connectivity index (χ0v) is 10.4. The third kappa shape index (κ3) is 4.73. The second-order valence-corrected chi connectivity index (χ2v) is 4.41. The quantitative estimate of drug-likeness (QED) is 0.724. The van der Waals surface area contributed by atoms with E-state index < -0.39 is 5.97 Å². The lowest BCUT2D eigenvalue weighted by atomic mass is 10.0. The van der Waals surface area contributed by atoms with E-state index in [9.17, 15) is 9.59 Å². The number of aliphatic carboxylic acids is 1. The Kier molecular flexibility index (Phi) is 5.97. The number of nitrogens with one attached hydrogen (secondary N) is 1. The standard InChI is InChI=1S/C12H22N2O3/c1-2-14(10-6-8-13-9-7-10)11(15)4-3-5-12(16)17/h10,13H,2-9H2,1H3,(H,16,17). The van der Waals surface area contributed by atoms with Crippen LogP contribution < -0.4 is 5.32 Å². The highest BCUT2D eigenvalue weighted by Crippen LogP contribution is 2.13. The van der Waals surface area contributed by atoms with Gasteiger partial charge in [-0.3, -0.25) is 9.59 Å². The van der Waals surface area contributed by atoms with Gasteiger partial charge in [-0.15, -0.1) is 0 Å². The van der Waals surface area contributed by atoms with Gasteiger partial charge < -0.3 is 15.3 Å². The topological polar surface area (TPSA) is 69.6 Å². The smallest absolute Gasteiger partial charge is 0.303 e. The number of hydrogen-bond donors (Lipinski definition) is 2. The van der Waals surface area contributed by atoms with E-state index >= 15 is 0 Å². The Labute approximate surface area is 102 Å². The van der Waals surface area contributed by atoms with Gasteiger partial charge >= 0.3 is 5.97 Å². The van der Waals surface area contributed by atoms with Gasteiger partial charge in [-0.25, -0.2) is 0 Å². The van der Waals surface area contributed by atoms with Crippen molar-refractivity contribution in [2.75, 3.05) is 19.6 Å². The van der Waals surface area contributed by atoms with Gasteiger partial charge in [0, 0.05) is 25.4 Å². The SMILES string of the molecule is CCN(C(=O)CCCC(=O)O)C1CCNCC1. The zero-order chi connectivity index (χ0) is 12.7. The molecule has 0 radical (unpaired) electrons. The van der Waals surface area contributed by atoms with Crippen LogP contribution in [0, 0.1) is 0 Å².